The maximum atomic E-state index is 14.0. The average molecular weight is 262 g/mol. The van der Waals surface area contributed by atoms with Crippen LogP contribution in [0.5, 0.6) is 0 Å². The van der Waals surface area contributed by atoms with Gasteiger partial charge in [-0.25, -0.2) is 13.8 Å². The number of rotatable bonds is 4. The quantitative estimate of drug-likeness (QED) is 0.895. The third kappa shape index (κ3) is 2.89. The summed E-state index contributed by atoms with van der Waals surface area (Å²) in [6.07, 6.45) is 0.957. The molecular weight excluding hydrogens is 246 g/mol. The van der Waals surface area contributed by atoms with Crippen molar-refractivity contribution in [2.75, 3.05) is 11.9 Å². The van der Waals surface area contributed by atoms with Gasteiger partial charge in [0.05, 0.1) is 11.3 Å². The first-order chi connectivity index (χ1) is 9.13. The Labute approximate surface area is 111 Å². The van der Waals surface area contributed by atoms with Gasteiger partial charge in [-0.15, -0.1) is 0 Å². The molecule has 1 heterocycles. The third-order valence-corrected chi connectivity index (χ3v) is 2.85. The molecule has 19 heavy (non-hydrogen) atoms. The van der Waals surface area contributed by atoms with Gasteiger partial charge in [0, 0.05) is 6.54 Å². The first-order valence-corrected chi connectivity index (χ1v) is 6.29. The van der Waals surface area contributed by atoms with Crippen LogP contribution in [0.15, 0.2) is 30.3 Å². The summed E-state index contributed by atoms with van der Waals surface area (Å²) in [5.74, 6) is -0.525. The SMILES string of the molecule is CCCNc1cccc(-c2c(F)ccc(C)c2F)n1. The van der Waals surface area contributed by atoms with Crippen molar-refractivity contribution in [1.82, 2.24) is 4.98 Å². The number of halogens is 2. The minimum absolute atomic E-state index is 0.0693. The van der Waals surface area contributed by atoms with E-state index in [9.17, 15) is 8.78 Å². The number of benzene rings is 1. The van der Waals surface area contributed by atoms with Crippen molar-refractivity contribution in [2.45, 2.75) is 20.3 Å². The lowest BCUT2D eigenvalue weighted by Crippen LogP contribution is -2.03. The molecule has 0 bridgehead atoms. The summed E-state index contributed by atoms with van der Waals surface area (Å²) in [7, 11) is 0. The zero-order chi connectivity index (χ0) is 13.8. The molecule has 0 radical (unpaired) electrons. The highest BCUT2D eigenvalue weighted by Crippen LogP contribution is 2.27. The topological polar surface area (TPSA) is 24.9 Å². The molecule has 1 aromatic carbocycles. The van der Waals surface area contributed by atoms with E-state index in [4.69, 9.17) is 0 Å². The molecule has 100 valence electrons. The molecule has 1 aromatic heterocycles. The van der Waals surface area contributed by atoms with E-state index in [1.54, 1.807) is 25.1 Å². The van der Waals surface area contributed by atoms with Crippen LogP contribution >= 0.6 is 0 Å². The second kappa shape index (κ2) is 5.78. The first-order valence-electron chi connectivity index (χ1n) is 6.29. The standard InChI is InChI=1S/C15H16F2N2/c1-3-9-18-13-6-4-5-12(19-13)14-11(16)8-7-10(2)15(14)17/h4-8H,3,9H2,1-2H3,(H,18,19). The van der Waals surface area contributed by atoms with Gasteiger partial charge in [0.15, 0.2) is 0 Å². The van der Waals surface area contributed by atoms with E-state index in [2.05, 4.69) is 10.3 Å². The van der Waals surface area contributed by atoms with E-state index >= 15 is 0 Å². The Balaban J connectivity index is 2.44. The Kier molecular flexibility index (Phi) is 4.10. The number of anilines is 1. The van der Waals surface area contributed by atoms with Gasteiger partial charge in [-0.3, -0.25) is 0 Å². The molecule has 0 amide bonds. The largest absolute Gasteiger partial charge is 0.370 e. The number of aromatic nitrogens is 1. The second-order valence-corrected chi connectivity index (χ2v) is 4.39. The summed E-state index contributed by atoms with van der Waals surface area (Å²) < 4.78 is 27.8. The van der Waals surface area contributed by atoms with Gasteiger partial charge in [0.1, 0.15) is 17.5 Å². The summed E-state index contributed by atoms with van der Waals surface area (Å²) in [6, 6.07) is 7.82. The average Bonchev–Trinajstić information content (AvgIpc) is 2.42. The van der Waals surface area contributed by atoms with Gasteiger partial charge >= 0.3 is 0 Å². The van der Waals surface area contributed by atoms with Crippen molar-refractivity contribution < 1.29 is 8.78 Å². The Morgan fingerprint density at radius 1 is 1.16 bits per heavy atom. The van der Waals surface area contributed by atoms with Crippen LogP contribution in [0, 0.1) is 18.6 Å². The molecule has 0 fully saturated rings. The second-order valence-electron chi connectivity index (χ2n) is 4.39. The fourth-order valence-electron chi connectivity index (χ4n) is 1.82. The van der Waals surface area contributed by atoms with Crippen molar-refractivity contribution in [3.05, 3.63) is 47.5 Å². The molecule has 2 rings (SSSR count). The smallest absolute Gasteiger partial charge is 0.138 e. The van der Waals surface area contributed by atoms with Gasteiger partial charge in [-0.2, -0.15) is 0 Å². The molecule has 0 aliphatic rings. The molecule has 0 aliphatic carbocycles. The molecule has 2 aromatic rings. The van der Waals surface area contributed by atoms with E-state index in [-0.39, 0.29) is 5.56 Å². The van der Waals surface area contributed by atoms with E-state index in [0.29, 0.717) is 17.1 Å². The lowest BCUT2D eigenvalue weighted by Gasteiger charge is -2.09. The van der Waals surface area contributed by atoms with Gasteiger partial charge in [-0.1, -0.05) is 19.1 Å². The number of nitrogens with one attached hydrogen (secondary N) is 1. The number of nitrogens with zero attached hydrogens (tertiary/aromatic N) is 1. The molecule has 0 saturated carbocycles. The highest BCUT2D eigenvalue weighted by Gasteiger charge is 2.14. The van der Waals surface area contributed by atoms with Crippen molar-refractivity contribution in [3.63, 3.8) is 0 Å². The maximum absolute atomic E-state index is 14.0. The minimum atomic E-state index is -0.594. The van der Waals surface area contributed by atoms with Gasteiger partial charge in [0.2, 0.25) is 0 Å². The van der Waals surface area contributed by atoms with Crippen LogP contribution in [0.2, 0.25) is 0 Å². The monoisotopic (exact) mass is 262 g/mol. The molecule has 2 nitrogen and oxygen atoms in total. The van der Waals surface area contributed by atoms with Gasteiger partial charge < -0.3 is 5.32 Å². The van der Waals surface area contributed by atoms with Crippen LogP contribution in [-0.4, -0.2) is 11.5 Å². The number of hydrogen-bond acceptors (Lipinski definition) is 2. The Hall–Kier alpha value is -1.97. The molecule has 0 spiro atoms. The van der Waals surface area contributed by atoms with Crippen LogP contribution in [0.3, 0.4) is 0 Å². The minimum Gasteiger partial charge on any atom is -0.370 e. The number of aryl methyl sites for hydroxylation is 1. The highest BCUT2D eigenvalue weighted by atomic mass is 19.1. The number of hydrogen-bond donors (Lipinski definition) is 1. The third-order valence-electron chi connectivity index (χ3n) is 2.85. The van der Waals surface area contributed by atoms with E-state index in [1.807, 2.05) is 6.92 Å². The summed E-state index contributed by atoms with van der Waals surface area (Å²) >= 11 is 0. The molecule has 0 aliphatic heterocycles. The predicted octanol–water partition coefficient (Wildman–Crippen LogP) is 4.16. The number of pyridine rings is 1. The summed E-state index contributed by atoms with van der Waals surface area (Å²) in [4.78, 5) is 4.25. The predicted molar refractivity (Wildman–Crippen MR) is 73.1 cm³/mol. The van der Waals surface area contributed by atoms with Crippen molar-refractivity contribution >= 4 is 5.82 Å². The normalized spacial score (nSPS) is 10.5. The Morgan fingerprint density at radius 3 is 2.68 bits per heavy atom. The fourth-order valence-corrected chi connectivity index (χ4v) is 1.82. The maximum Gasteiger partial charge on any atom is 0.138 e. The highest BCUT2D eigenvalue weighted by molar-refractivity contribution is 5.63. The fraction of sp³-hybridized carbons (Fsp3) is 0.267. The lowest BCUT2D eigenvalue weighted by molar-refractivity contribution is 0.583. The van der Waals surface area contributed by atoms with Crippen LogP contribution in [0.4, 0.5) is 14.6 Å². The summed E-state index contributed by atoms with van der Waals surface area (Å²) in [6.45, 7) is 4.42. The van der Waals surface area contributed by atoms with Gasteiger partial charge in [-0.05, 0) is 37.1 Å². The van der Waals surface area contributed by atoms with E-state index in [1.165, 1.54) is 12.1 Å². The van der Waals surface area contributed by atoms with Crippen LogP contribution in [-0.2, 0) is 0 Å². The van der Waals surface area contributed by atoms with Crippen molar-refractivity contribution in [2.24, 2.45) is 0 Å². The first kappa shape index (κ1) is 13.5. The van der Waals surface area contributed by atoms with E-state index < -0.39 is 11.6 Å². The molecule has 4 heteroatoms. The lowest BCUT2D eigenvalue weighted by atomic mass is 10.1. The van der Waals surface area contributed by atoms with Crippen molar-refractivity contribution in [3.8, 4) is 11.3 Å². The molecule has 1 N–H and O–H groups in total. The van der Waals surface area contributed by atoms with Crippen LogP contribution in [0.25, 0.3) is 11.3 Å². The zero-order valence-electron chi connectivity index (χ0n) is 11.0. The summed E-state index contributed by atoms with van der Waals surface area (Å²) in [5, 5.41) is 3.10. The van der Waals surface area contributed by atoms with Gasteiger partial charge in [0.25, 0.3) is 0 Å². The Morgan fingerprint density at radius 2 is 1.95 bits per heavy atom. The van der Waals surface area contributed by atoms with Crippen LogP contribution in [0.1, 0.15) is 18.9 Å². The van der Waals surface area contributed by atoms with Crippen molar-refractivity contribution in [1.29, 1.82) is 0 Å². The molecule has 0 unspecified atom stereocenters. The zero-order valence-corrected chi connectivity index (χ0v) is 11.0. The molecule has 0 atom stereocenters. The van der Waals surface area contributed by atoms with E-state index in [0.717, 1.165) is 13.0 Å². The molecule has 0 saturated heterocycles. The molecular formula is C15H16F2N2. The van der Waals surface area contributed by atoms with Crippen LogP contribution < -0.4 is 5.32 Å². The summed E-state index contributed by atoms with van der Waals surface area (Å²) in [5.41, 5.74) is 0.644. The Bertz CT molecular complexity index is 582.